The first-order chi connectivity index (χ1) is 14.3. The lowest BCUT2D eigenvalue weighted by Crippen LogP contribution is -2.34. The molecule has 2 fully saturated rings. The van der Waals surface area contributed by atoms with Crippen LogP contribution in [0, 0.1) is 25.7 Å². The van der Waals surface area contributed by atoms with Crippen molar-refractivity contribution in [3.63, 3.8) is 0 Å². The van der Waals surface area contributed by atoms with Gasteiger partial charge in [-0.25, -0.2) is 4.90 Å². The van der Waals surface area contributed by atoms with Crippen LogP contribution in [-0.2, 0) is 9.59 Å². The number of benzene rings is 2. The van der Waals surface area contributed by atoms with Crippen LogP contribution in [0.4, 0.5) is 11.4 Å². The largest absolute Gasteiger partial charge is 0.322 e. The Balaban J connectivity index is 1.64. The van der Waals surface area contributed by atoms with Crippen molar-refractivity contribution in [3.05, 3.63) is 59.2 Å². The molecule has 5 nitrogen and oxygen atoms in total. The van der Waals surface area contributed by atoms with Gasteiger partial charge in [0.2, 0.25) is 11.8 Å². The van der Waals surface area contributed by atoms with E-state index in [0.29, 0.717) is 29.8 Å². The molecule has 7 heteroatoms. The van der Waals surface area contributed by atoms with Gasteiger partial charge in [-0.1, -0.05) is 50.1 Å². The maximum Gasteiger partial charge on any atom is 0.257 e. The van der Waals surface area contributed by atoms with Gasteiger partial charge in [-0.2, -0.15) is 0 Å². The first-order valence-corrected chi connectivity index (χ1v) is 11.7. The smallest absolute Gasteiger partial charge is 0.257 e. The number of hydrogen-bond donors (Lipinski definition) is 1. The van der Waals surface area contributed by atoms with Gasteiger partial charge in [-0.05, 0) is 62.1 Å². The molecular weight excluding hydrogens is 512 g/mol. The lowest BCUT2D eigenvalue weighted by Gasteiger charge is -2.29. The second-order valence-electron chi connectivity index (χ2n) is 8.00. The number of hydrogen-bond acceptors (Lipinski definition) is 3. The molecule has 0 unspecified atom stereocenters. The Morgan fingerprint density at radius 2 is 1.53 bits per heavy atom. The molecule has 0 radical (unpaired) electrons. The van der Waals surface area contributed by atoms with E-state index < -0.39 is 0 Å². The Labute approximate surface area is 192 Å². The predicted molar refractivity (Wildman–Crippen MR) is 124 cm³/mol. The number of alkyl halides is 2. The third kappa shape index (κ3) is 3.73. The topological polar surface area (TPSA) is 66.5 Å². The highest BCUT2D eigenvalue weighted by atomic mass is 79.9. The number of nitrogens with zero attached hydrogens (tertiary/aromatic N) is 1. The summed E-state index contributed by atoms with van der Waals surface area (Å²) >= 11 is 7.21. The van der Waals surface area contributed by atoms with Crippen LogP contribution in [-0.4, -0.2) is 27.4 Å². The van der Waals surface area contributed by atoms with E-state index in [2.05, 4.69) is 37.2 Å². The third-order valence-corrected chi connectivity index (χ3v) is 8.80. The van der Waals surface area contributed by atoms with E-state index in [0.717, 1.165) is 11.1 Å². The van der Waals surface area contributed by atoms with Crippen molar-refractivity contribution < 1.29 is 14.4 Å². The van der Waals surface area contributed by atoms with Crippen LogP contribution >= 0.6 is 31.9 Å². The molecule has 156 valence electrons. The number of anilines is 2. The molecule has 1 heterocycles. The average Bonchev–Trinajstić information content (AvgIpc) is 2.95. The number of carbonyl (C=O) groups excluding carboxylic acids is 3. The highest BCUT2D eigenvalue weighted by molar-refractivity contribution is 9.12. The second-order valence-corrected chi connectivity index (χ2v) is 10.4. The molecule has 2 aromatic carbocycles. The number of imide groups is 1. The van der Waals surface area contributed by atoms with Crippen molar-refractivity contribution in [1.29, 1.82) is 0 Å². The minimum Gasteiger partial charge on any atom is -0.322 e. The fourth-order valence-corrected chi connectivity index (χ4v) is 5.45. The summed E-state index contributed by atoms with van der Waals surface area (Å²) in [6, 6.07) is 12.5. The standard InChI is InChI=1S/C23H22Br2N2O3/c1-12-7-8-14(9-13(12)2)26-21(28)15-5-3-4-6-20(15)27-22(29)16-10-18(24)19(25)11-17(16)23(27)30/h3-9,16-19H,10-11H2,1-2H3,(H,26,28)/t16-,17-,18-,19+/m1/s1. The van der Waals surface area contributed by atoms with Crippen LogP contribution in [0.15, 0.2) is 42.5 Å². The van der Waals surface area contributed by atoms with Crippen LogP contribution in [0.25, 0.3) is 0 Å². The zero-order valence-corrected chi connectivity index (χ0v) is 19.9. The molecule has 2 aliphatic rings. The monoisotopic (exact) mass is 532 g/mol. The summed E-state index contributed by atoms with van der Waals surface area (Å²) < 4.78 is 0. The average molecular weight is 534 g/mol. The zero-order chi connectivity index (χ0) is 21.6. The summed E-state index contributed by atoms with van der Waals surface area (Å²) in [4.78, 5) is 40.8. The Morgan fingerprint density at radius 3 is 2.13 bits per heavy atom. The van der Waals surface area contributed by atoms with Crippen molar-refractivity contribution in [2.24, 2.45) is 11.8 Å². The Bertz CT molecular complexity index is 1010. The minimum atomic E-state index is -0.355. The molecule has 1 N–H and O–H groups in total. The van der Waals surface area contributed by atoms with Crippen LogP contribution in [0.2, 0.25) is 0 Å². The summed E-state index contributed by atoms with van der Waals surface area (Å²) in [7, 11) is 0. The molecule has 0 spiro atoms. The van der Waals surface area contributed by atoms with E-state index >= 15 is 0 Å². The Morgan fingerprint density at radius 1 is 0.933 bits per heavy atom. The Hall–Kier alpha value is -1.99. The van der Waals surface area contributed by atoms with Crippen molar-refractivity contribution in [2.75, 3.05) is 10.2 Å². The van der Waals surface area contributed by atoms with Gasteiger partial charge in [0.25, 0.3) is 5.91 Å². The third-order valence-electron chi connectivity index (χ3n) is 6.07. The van der Waals surface area contributed by atoms with E-state index in [1.807, 2.05) is 32.0 Å². The zero-order valence-electron chi connectivity index (χ0n) is 16.7. The summed E-state index contributed by atoms with van der Waals surface area (Å²) in [5.74, 6) is -1.50. The highest BCUT2D eigenvalue weighted by Crippen LogP contribution is 2.44. The lowest BCUT2D eigenvalue weighted by atomic mass is 9.81. The maximum absolute atomic E-state index is 13.2. The van der Waals surface area contributed by atoms with Crippen LogP contribution in [0.3, 0.4) is 0 Å². The van der Waals surface area contributed by atoms with Crippen LogP contribution in [0.5, 0.6) is 0 Å². The van der Waals surface area contributed by atoms with E-state index in [1.54, 1.807) is 24.3 Å². The van der Waals surface area contributed by atoms with Crippen molar-refractivity contribution >= 4 is 61.0 Å². The lowest BCUT2D eigenvalue weighted by molar-refractivity contribution is -0.122. The molecule has 4 rings (SSSR count). The normalized spacial score (nSPS) is 25.9. The number of nitrogens with one attached hydrogen (secondary N) is 1. The second kappa shape index (κ2) is 8.27. The van der Waals surface area contributed by atoms with Gasteiger partial charge < -0.3 is 5.32 Å². The molecule has 2 aromatic rings. The van der Waals surface area contributed by atoms with E-state index in [4.69, 9.17) is 0 Å². The van der Waals surface area contributed by atoms with Gasteiger partial charge in [0, 0.05) is 15.3 Å². The van der Waals surface area contributed by atoms with Gasteiger partial charge in [0.05, 0.1) is 23.1 Å². The van der Waals surface area contributed by atoms with Gasteiger partial charge in [-0.15, -0.1) is 0 Å². The first kappa shape index (κ1) is 21.2. The predicted octanol–water partition coefficient (Wildman–Crippen LogP) is 4.98. The van der Waals surface area contributed by atoms with Gasteiger partial charge >= 0.3 is 0 Å². The fourth-order valence-electron chi connectivity index (χ4n) is 4.21. The highest BCUT2D eigenvalue weighted by Gasteiger charge is 2.52. The SMILES string of the molecule is Cc1ccc(NC(=O)c2ccccc2N2C(=O)[C@@H]3C[C@@H](Br)[C@@H](Br)C[C@H]3C2=O)cc1C. The summed E-state index contributed by atoms with van der Waals surface area (Å²) in [5, 5.41) is 2.89. The van der Waals surface area contributed by atoms with Crippen molar-refractivity contribution in [1.82, 2.24) is 0 Å². The van der Waals surface area contributed by atoms with E-state index in [9.17, 15) is 14.4 Å². The molecule has 1 saturated heterocycles. The molecule has 1 saturated carbocycles. The summed E-state index contributed by atoms with van der Waals surface area (Å²) in [6.07, 6.45) is 1.19. The summed E-state index contributed by atoms with van der Waals surface area (Å²) in [5.41, 5.74) is 3.54. The number of aryl methyl sites for hydroxylation is 2. The quantitative estimate of drug-likeness (QED) is 0.447. The first-order valence-electron chi connectivity index (χ1n) is 9.91. The molecule has 4 atom stereocenters. The number of amides is 3. The number of rotatable bonds is 3. The van der Waals surface area contributed by atoms with Crippen LogP contribution < -0.4 is 10.2 Å². The van der Waals surface area contributed by atoms with Crippen molar-refractivity contribution in [3.8, 4) is 0 Å². The van der Waals surface area contributed by atoms with Crippen LogP contribution in [0.1, 0.15) is 34.3 Å². The molecule has 30 heavy (non-hydrogen) atoms. The molecule has 1 aliphatic carbocycles. The maximum atomic E-state index is 13.2. The van der Waals surface area contributed by atoms with Crippen molar-refractivity contribution in [2.45, 2.75) is 36.3 Å². The molecule has 0 bridgehead atoms. The number of para-hydroxylation sites is 1. The van der Waals surface area contributed by atoms with E-state index in [1.165, 1.54) is 4.90 Å². The van der Waals surface area contributed by atoms with E-state index in [-0.39, 0.29) is 39.2 Å². The molecule has 3 amide bonds. The minimum absolute atomic E-state index is 0.138. The number of fused-ring (bicyclic) bond motifs is 1. The molecule has 0 aromatic heterocycles. The fraction of sp³-hybridized carbons (Fsp3) is 0.348. The van der Waals surface area contributed by atoms with Gasteiger partial charge in [-0.3, -0.25) is 14.4 Å². The van der Waals surface area contributed by atoms with Gasteiger partial charge in [0.1, 0.15) is 0 Å². The van der Waals surface area contributed by atoms with Gasteiger partial charge in [0.15, 0.2) is 0 Å². The molecule has 1 aliphatic heterocycles. The summed E-state index contributed by atoms with van der Waals surface area (Å²) in [6.45, 7) is 3.99. The molecular formula is C23H22Br2N2O3. The Kier molecular flexibility index (Phi) is 5.86. The number of carbonyl (C=O) groups is 3. The number of halogens is 2.